The number of benzene rings is 2. The van der Waals surface area contributed by atoms with Crippen LogP contribution in [0.15, 0.2) is 60.7 Å². The van der Waals surface area contributed by atoms with Gasteiger partial charge in [0.2, 0.25) is 23.5 Å². The zero-order chi connectivity index (χ0) is 43.8. The number of Topliss-reactive ketones (excluding diaryl/α,β-unsaturated/α-hetero) is 1. The number of carbonyl (C=O) groups excluding carboxylic acids is 7. The number of likely N-dealkylation sites (tertiary alicyclic amines) is 1. The molecule has 2 aliphatic rings. The van der Waals surface area contributed by atoms with E-state index in [-0.39, 0.29) is 42.6 Å². The SMILES string of the molecule is CCCC(NC(=O)C1C[C@@H](SCc2ccccc2)CN1C(=O)[C@@H](NC(=O)OCC(C)C)C1CCCCC1)C(=O)C(=O)NCC(=O)NC(C(=O)OC(C)(C)C)c1ccccc1. The summed E-state index contributed by atoms with van der Waals surface area (Å²) in [5.41, 5.74) is 0.741. The number of hydrogen-bond donors (Lipinski definition) is 4. The Morgan fingerprint density at radius 3 is 2.13 bits per heavy atom. The first-order valence-electron chi connectivity index (χ1n) is 21.1. The molecule has 0 spiro atoms. The second kappa shape index (κ2) is 23.2. The van der Waals surface area contributed by atoms with Crippen LogP contribution in [0.25, 0.3) is 0 Å². The highest BCUT2D eigenvalue weighted by Crippen LogP contribution is 2.34. The highest BCUT2D eigenvalue weighted by atomic mass is 32.2. The summed E-state index contributed by atoms with van der Waals surface area (Å²) in [4.78, 5) is 96.3. The van der Waals surface area contributed by atoms with Crippen LogP contribution in [0.3, 0.4) is 0 Å². The lowest BCUT2D eigenvalue weighted by molar-refractivity contribution is -0.158. The van der Waals surface area contributed by atoms with Gasteiger partial charge in [-0.15, -0.1) is 0 Å². The minimum Gasteiger partial charge on any atom is -0.458 e. The Morgan fingerprint density at radius 1 is 0.867 bits per heavy atom. The Balaban J connectivity index is 1.48. The van der Waals surface area contributed by atoms with Crippen LogP contribution in [-0.4, -0.2) is 95.0 Å². The monoisotopic (exact) mass is 849 g/mol. The van der Waals surface area contributed by atoms with Gasteiger partial charge in [0.25, 0.3) is 5.91 Å². The number of nitrogens with one attached hydrogen (secondary N) is 4. The third-order valence-corrected chi connectivity index (χ3v) is 11.6. The average Bonchev–Trinajstić information content (AvgIpc) is 3.66. The number of ether oxygens (including phenoxy) is 2. The first-order valence-corrected chi connectivity index (χ1v) is 22.2. The maximum Gasteiger partial charge on any atom is 0.407 e. The standard InChI is InChI=1S/C45H63N5O9S/c1-7-17-34(39(52)41(54)46-25-36(51)48-38(32-22-15-10-16-23-32)43(56)59-45(4,5)6)47-40(53)35-24-33(60-28-30-18-11-8-12-19-30)26-50(35)42(55)37(31-20-13-9-14-21-31)49-44(57)58-27-29(2)3/h8,10-12,15-16,18-19,22-23,29,31,33-35,37-38H,7,9,13-14,17,20-21,24-28H2,1-6H3,(H,46,54)(H,47,53)(H,48,51)(H,49,57)/t33-,34?,35?,37+,38?/m1/s1. The van der Waals surface area contributed by atoms with E-state index in [2.05, 4.69) is 21.3 Å². The van der Waals surface area contributed by atoms with Crippen LogP contribution < -0.4 is 21.3 Å². The Kier molecular flexibility index (Phi) is 18.4. The van der Waals surface area contributed by atoms with E-state index in [0.717, 1.165) is 37.7 Å². The predicted octanol–water partition coefficient (Wildman–Crippen LogP) is 5.39. The number of hydrogen-bond acceptors (Lipinski definition) is 10. The number of alkyl carbamates (subject to hydrolysis) is 1. The highest BCUT2D eigenvalue weighted by molar-refractivity contribution is 7.99. The minimum absolute atomic E-state index is 0.0998. The van der Waals surface area contributed by atoms with E-state index in [1.165, 1.54) is 4.90 Å². The van der Waals surface area contributed by atoms with Gasteiger partial charge < -0.3 is 35.6 Å². The van der Waals surface area contributed by atoms with Crippen molar-refractivity contribution in [2.75, 3.05) is 19.7 Å². The summed E-state index contributed by atoms with van der Waals surface area (Å²) in [5.74, 6) is -3.82. The number of nitrogens with zero attached hydrogens (tertiary/aromatic N) is 1. The fourth-order valence-corrected chi connectivity index (χ4v) is 8.57. The van der Waals surface area contributed by atoms with Gasteiger partial charge in [-0.2, -0.15) is 11.8 Å². The second-order valence-corrected chi connectivity index (χ2v) is 18.3. The molecule has 1 aliphatic heterocycles. The molecule has 4 N–H and O–H groups in total. The molecule has 5 amide bonds. The molecule has 0 bridgehead atoms. The molecule has 2 aromatic rings. The summed E-state index contributed by atoms with van der Waals surface area (Å²) < 4.78 is 10.9. The number of amides is 5. The molecule has 4 rings (SSSR count). The number of thioether (sulfide) groups is 1. The Labute approximate surface area is 358 Å². The van der Waals surface area contributed by atoms with E-state index in [0.29, 0.717) is 24.2 Å². The molecule has 2 fully saturated rings. The van der Waals surface area contributed by atoms with Gasteiger partial charge in [0, 0.05) is 17.5 Å². The minimum atomic E-state index is -1.24. The van der Waals surface area contributed by atoms with Crippen LogP contribution in [0, 0.1) is 11.8 Å². The molecule has 328 valence electrons. The van der Waals surface area contributed by atoms with E-state index in [9.17, 15) is 33.6 Å². The number of carbonyl (C=O) groups is 7. The fourth-order valence-electron chi connectivity index (χ4n) is 7.36. The summed E-state index contributed by atoms with van der Waals surface area (Å²) in [6.45, 7) is 10.6. The van der Waals surface area contributed by atoms with Gasteiger partial charge in [0.15, 0.2) is 6.04 Å². The predicted molar refractivity (Wildman–Crippen MR) is 229 cm³/mol. The quantitative estimate of drug-likeness (QED) is 0.105. The zero-order valence-corrected chi connectivity index (χ0v) is 36.6. The Morgan fingerprint density at radius 2 is 1.52 bits per heavy atom. The van der Waals surface area contributed by atoms with E-state index in [4.69, 9.17) is 9.47 Å². The summed E-state index contributed by atoms with van der Waals surface area (Å²) in [5, 5.41) is 10.4. The molecule has 14 nitrogen and oxygen atoms in total. The zero-order valence-electron chi connectivity index (χ0n) is 35.8. The van der Waals surface area contributed by atoms with Crippen LogP contribution >= 0.6 is 11.8 Å². The van der Waals surface area contributed by atoms with Gasteiger partial charge >= 0.3 is 12.1 Å². The van der Waals surface area contributed by atoms with Crippen LogP contribution in [0.5, 0.6) is 0 Å². The Bertz CT molecular complexity index is 1760. The molecule has 1 aliphatic carbocycles. The van der Waals surface area contributed by atoms with Crippen molar-refractivity contribution in [2.45, 2.75) is 134 Å². The molecule has 0 aromatic heterocycles. The van der Waals surface area contributed by atoms with Crippen molar-refractivity contribution in [1.82, 2.24) is 26.2 Å². The van der Waals surface area contributed by atoms with Crippen LogP contribution in [-0.2, 0) is 44.0 Å². The number of ketones is 1. The third kappa shape index (κ3) is 15.0. The molecule has 2 aromatic carbocycles. The fraction of sp³-hybridized carbons (Fsp3) is 0.578. The molecule has 60 heavy (non-hydrogen) atoms. The summed E-state index contributed by atoms with van der Waals surface area (Å²) >= 11 is 1.62. The van der Waals surface area contributed by atoms with E-state index in [1.807, 2.05) is 44.2 Å². The Hall–Kier alpha value is -4.92. The third-order valence-electron chi connectivity index (χ3n) is 10.3. The van der Waals surface area contributed by atoms with Crippen LogP contribution in [0.2, 0.25) is 0 Å². The van der Waals surface area contributed by atoms with Crippen molar-refractivity contribution in [3.05, 3.63) is 71.8 Å². The first kappa shape index (κ1) is 47.8. The second-order valence-electron chi connectivity index (χ2n) is 17.0. The van der Waals surface area contributed by atoms with Crippen molar-refractivity contribution < 1.29 is 43.0 Å². The molecule has 1 saturated heterocycles. The lowest BCUT2D eigenvalue weighted by Crippen LogP contribution is -2.58. The normalized spacial score (nSPS) is 18.4. The van der Waals surface area contributed by atoms with Crippen LogP contribution in [0.1, 0.15) is 110 Å². The summed E-state index contributed by atoms with van der Waals surface area (Å²) in [7, 11) is 0. The molecule has 15 heteroatoms. The van der Waals surface area contributed by atoms with Crippen molar-refractivity contribution in [1.29, 1.82) is 0 Å². The molecule has 0 radical (unpaired) electrons. The van der Waals surface area contributed by atoms with Gasteiger partial charge in [-0.25, -0.2) is 9.59 Å². The van der Waals surface area contributed by atoms with E-state index in [1.54, 1.807) is 69.8 Å². The molecule has 5 atom stereocenters. The van der Waals surface area contributed by atoms with Crippen molar-refractivity contribution in [3.8, 4) is 0 Å². The van der Waals surface area contributed by atoms with E-state index >= 15 is 0 Å². The lowest BCUT2D eigenvalue weighted by atomic mass is 9.83. The van der Waals surface area contributed by atoms with Gasteiger partial charge in [-0.1, -0.05) is 107 Å². The molecular formula is C45H63N5O9S. The maximum atomic E-state index is 14.6. The van der Waals surface area contributed by atoms with E-state index < -0.39 is 71.9 Å². The number of esters is 1. The van der Waals surface area contributed by atoms with Crippen LogP contribution in [0.4, 0.5) is 4.79 Å². The van der Waals surface area contributed by atoms with Crippen molar-refractivity contribution >= 4 is 53.2 Å². The van der Waals surface area contributed by atoms with Crippen molar-refractivity contribution in [2.24, 2.45) is 11.8 Å². The van der Waals surface area contributed by atoms with Crippen molar-refractivity contribution in [3.63, 3.8) is 0 Å². The van der Waals surface area contributed by atoms with Gasteiger partial charge in [0.1, 0.15) is 17.7 Å². The van der Waals surface area contributed by atoms with Gasteiger partial charge in [-0.05, 0) is 69.4 Å². The van der Waals surface area contributed by atoms with Gasteiger partial charge in [0.05, 0.1) is 19.2 Å². The smallest absolute Gasteiger partial charge is 0.407 e. The maximum absolute atomic E-state index is 14.6. The molecular weight excluding hydrogens is 787 g/mol. The number of rotatable bonds is 19. The highest BCUT2D eigenvalue weighted by Gasteiger charge is 2.45. The summed E-state index contributed by atoms with van der Waals surface area (Å²) in [6.07, 6.45) is 4.52. The lowest BCUT2D eigenvalue weighted by Gasteiger charge is -2.34. The summed E-state index contributed by atoms with van der Waals surface area (Å²) in [6, 6.07) is 14.1. The topological polar surface area (TPSA) is 189 Å². The molecule has 1 heterocycles. The van der Waals surface area contributed by atoms with Gasteiger partial charge in [-0.3, -0.25) is 24.0 Å². The largest absolute Gasteiger partial charge is 0.458 e. The average molecular weight is 850 g/mol. The molecule has 3 unspecified atom stereocenters. The first-order chi connectivity index (χ1) is 28.6. The molecule has 1 saturated carbocycles.